The van der Waals surface area contributed by atoms with E-state index in [-0.39, 0.29) is 32.0 Å². The van der Waals surface area contributed by atoms with Crippen LogP contribution in [0.2, 0.25) is 0 Å². The van der Waals surface area contributed by atoms with Crippen LogP contribution in [0.15, 0.2) is 0 Å². The molecule has 60 heavy (non-hydrogen) atoms. The molecule has 0 saturated carbocycles. The maximum Gasteiger partial charge on any atom is 0.306 e. The molecule has 10 heteroatoms. The van der Waals surface area contributed by atoms with Crippen LogP contribution in [0, 0.1) is 0 Å². The summed E-state index contributed by atoms with van der Waals surface area (Å²) in [6, 6.07) is 0. The van der Waals surface area contributed by atoms with Crippen molar-refractivity contribution >= 4 is 19.8 Å². The third-order valence-electron chi connectivity index (χ3n) is 11.6. The van der Waals surface area contributed by atoms with E-state index < -0.39 is 26.5 Å². The van der Waals surface area contributed by atoms with Gasteiger partial charge in [0.25, 0.3) is 7.82 Å². The Hall–Kier alpha value is -0.990. The zero-order chi connectivity index (χ0) is 44.3. The zero-order valence-corrected chi connectivity index (χ0v) is 41.3. The minimum atomic E-state index is -4.59. The molecule has 1 unspecified atom stereocenters. The normalized spacial score (nSPS) is 13.4. The molecule has 0 aliphatic rings. The lowest BCUT2D eigenvalue weighted by molar-refractivity contribution is -0.870. The van der Waals surface area contributed by atoms with Gasteiger partial charge in [-0.3, -0.25) is 14.2 Å². The van der Waals surface area contributed by atoms with Crippen LogP contribution in [0.3, 0.4) is 0 Å². The molecule has 0 amide bonds. The predicted octanol–water partition coefficient (Wildman–Crippen LogP) is 14.5. The van der Waals surface area contributed by atoms with Gasteiger partial charge >= 0.3 is 11.9 Å². The van der Waals surface area contributed by atoms with Crippen molar-refractivity contribution in [1.29, 1.82) is 0 Å². The Morgan fingerprint density at radius 3 is 1.10 bits per heavy atom. The summed E-state index contributed by atoms with van der Waals surface area (Å²) in [5, 5.41) is 0. The molecular weight excluding hydrogens is 774 g/mol. The predicted molar refractivity (Wildman–Crippen MR) is 250 cm³/mol. The van der Waals surface area contributed by atoms with Crippen LogP contribution in [0.25, 0.3) is 0 Å². The highest BCUT2D eigenvalue weighted by Gasteiger charge is 2.21. The van der Waals surface area contributed by atoms with Crippen molar-refractivity contribution in [2.24, 2.45) is 0 Å². The number of hydrogen-bond acceptors (Lipinski definition) is 8. The van der Waals surface area contributed by atoms with Crippen molar-refractivity contribution in [3.63, 3.8) is 0 Å². The van der Waals surface area contributed by atoms with Gasteiger partial charge in [0.15, 0.2) is 6.10 Å². The second kappa shape index (κ2) is 43.3. The summed E-state index contributed by atoms with van der Waals surface area (Å²) in [6.45, 7) is 3.86. The fourth-order valence-corrected chi connectivity index (χ4v) is 8.37. The lowest BCUT2D eigenvalue weighted by Gasteiger charge is -2.28. The molecule has 0 N–H and O–H groups in total. The monoisotopic (exact) mass is 874 g/mol. The first-order chi connectivity index (χ1) is 29.0. The summed E-state index contributed by atoms with van der Waals surface area (Å²) in [4.78, 5) is 36.5. The van der Waals surface area contributed by atoms with E-state index >= 15 is 0 Å². The minimum absolute atomic E-state index is 0.0285. The van der Waals surface area contributed by atoms with Crippen LogP contribution >= 0.6 is 7.82 Å². The molecule has 358 valence electrons. The molecule has 0 spiro atoms. The summed E-state index contributed by atoms with van der Waals surface area (Å²) in [5.74, 6) is -0.882. The Morgan fingerprint density at radius 2 is 0.783 bits per heavy atom. The van der Waals surface area contributed by atoms with Crippen molar-refractivity contribution in [3.05, 3.63) is 0 Å². The van der Waals surface area contributed by atoms with Gasteiger partial charge < -0.3 is 27.9 Å². The molecular formula is C50H100NO8P. The number of carbonyl (C=O) groups is 2. The average Bonchev–Trinajstić information content (AvgIpc) is 3.20. The molecule has 0 aliphatic carbocycles. The van der Waals surface area contributed by atoms with Crippen LogP contribution in [0.1, 0.15) is 258 Å². The summed E-state index contributed by atoms with van der Waals surface area (Å²) in [5.41, 5.74) is 0. The summed E-state index contributed by atoms with van der Waals surface area (Å²) in [6.07, 6.45) is 48.1. The summed E-state index contributed by atoms with van der Waals surface area (Å²) >= 11 is 0. The van der Waals surface area contributed by atoms with Crippen molar-refractivity contribution in [2.45, 2.75) is 264 Å². The Morgan fingerprint density at radius 1 is 0.450 bits per heavy atom. The molecule has 0 aromatic rings. The lowest BCUT2D eigenvalue weighted by atomic mass is 10.0. The SMILES string of the molecule is CCCCCCCCCCCCCCCCCCCCCCCCCCCCCCCCCCCCCC(=O)OC[C@H](COP(=O)([O-])OCC[N+](C)(C)C)OC(=O)CCC. The molecule has 0 aromatic heterocycles. The number of likely N-dealkylation sites (N-methyl/N-ethyl adjacent to an activating group) is 1. The molecule has 0 aliphatic heterocycles. The second-order valence-electron chi connectivity index (χ2n) is 18.9. The number of carbonyl (C=O) groups excluding carboxylic acids is 2. The van der Waals surface area contributed by atoms with Gasteiger partial charge in [0, 0.05) is 12.8 Å². The molecule has 0 saturated heterocycles. The lowest BCUT2D eigenvalue weighted by Crippen LogP contribution is -2.37. The van der Waals surface area contributed by atoms with E-state index in [0.717, 1.165) is 19.3 Å². The highest BCUT2D eigenvalue weighted by atomic mass is 31.2. The van der Waals surface area contributed by atoms with E-state index in [9.17, 15) is 19.0 Å². The molecule has 0 aromatic carbocycles. The van der Waals surface area contributed by atoms with Gasteiger partial charge in [-0.1, -0.05) is 232 Å². The van der Waals surface area contributed by atoms with E-state index in [0.29, 0.717) is 17.4 Å². The number of rotatable bonds is 48. The molecule has 0 fully saturated rings. The summed E-state index contributed by atoms with van der Waals surface area (Å²) in [7, 11) is 1.17. The largest absolute Gasteiger partial charge is 0.756 e. The van der Waals surface area contributed by atoms with Crippen molar-refractivity contribution in [1.82, 2.24) is 0 Å². The Balaban J connectivity index is 3.54. The maximum atomic E-state index is 12.3. The average molecular weight is 874 g/mol. The number of ether oxygens (including phenoxy) is 2. The van der Waals surface area contributed by atoms with Gasteiger partial charge in [-0.2, -0.15) is 0 Å². The molecule has 9 nitrogen and oxygen atoms in total. The van der Waals surface area contributed by atoms with Gasteiger partial charge in [0.05, 0.1) is 27.7 Å². The van der Waals surface area contributed by atoms with Crippen molar-refractivity contribution < 1.29 is 42.1 Å². The van der Waals surface area contributed by atoms with E-state index in [1.165, 1.54) is 205 Å². The minimum Gasteiger partial charge on any atom is -0.756 e. The van der Waals surface area contributed by atoms with Crippen molar-refractivity contribution in [2.75, 3.05) is 47.5 Å². The zero-order valence-electron chi connectivity index (χ0n) is 40.4. The highest BCUT2D eigenvalue weighted by molar-refractivity contribution is 7.45. The molecule has 0 rings (SSSR count). The fourth-order valence-electron chi connectivity index (χ4n) is 7.64. The number of hydrogen-bond donors (Lipinski definition) is 0. The van der Waals surface area contributed by atoms with E-state index in [1.807, 2.05) is 28.1 Å². The van der Waals surface area contributed by atoms with Gasteiger partial charge in [-0.05, 0) is 12.8 Å². The maximum absolute atomic E-state index is 12.3. The smallest absolute Gasteiger partial charge is 0.306 e. The number of phosphoric ester groups is 1. The number of esters is 2. The van der Waals surface area contributed by atoms with Crippen LogP contribution in [0.5, 0.6) is 0 Å². The molecule has 0 heterocycles. The van der Waals surface area contributed by atoms with Crippen molar-refractivity contribution in [3.8, 4) is 0 Å². The van der Waals surface area contributed by atoms with E-state index in [2.05, 4.69) is 6.92 Å². The van der Waals surface area contributed by atoms with Crippen LogP contribution in [-0.2, 0) is 32.7 Å². The van der Waals surface area contributed by atoms with Crippen LogP contribution in [0.4, 0.5) is 0 Å². The first-order valence-electron chi connectivity index (χ1n) is 25.7. The third kappa shape index (κ3) is 46.5. The number of nitrogens with zero attached hydrogens (tertiary/aromatic N) is 1. The molecule has 0 radical (unpaired) electrons. The van der Waals surface area contributed by atoms with E-state index in [4.69, 9.17) is 18.5 Å². The Labute approximate surface area is 372 Å². The first-order valence-corrected chi connectivity index (χ1v) is 27.2. The van der Waals surface area contributed by atoms with Gasteiger partial charge in [0.1, 0.15) is 19.8 Å². The Kier molecular flexibility index (Phi) is 42.6. The Bertz CT molecular complexity index is 990. The van der Waals surface area contributed by atoms with E-state index in [1.54, 1.807) is 0 Å². The number of quaternary nitrogens is 1. The first kappa shape index (κ1) is 59.0. The highest BCUT2D eigenvalue weighted by Crippen LogP contribution is 2.38. The number of unbranched alkanes of at least 4 members (excludes halogenated alkanes) is 34. The summed E-state index contributed by atoms with van der Waals surface area (Å²) < 4.78 is 33.2. The van der Waals surface area contributed by atoms with Gasteiger partial charge in [-0.15, -0.1) is 0 Å². The topological polar surface area (TPSA) is 111 Å². The van der Waals surface area contributed by atoms with Gasteiger partial charge in [-0.25, -0.2) is 0 Å². The standard InChI is InChI=1S/C50H100NO8P/c1-6-8-9-10-11-12-13-14-15-16-17-18-19-20-21-22-23-24-25-26-27-28-29-30-31-32-33-34-35-36-37-38-39-40-41-43-49(52)56-46-48(59-50(53)42-7-2)47-58-60(54,55)57-45-44-51(3,4)5/h48H,6-47H2,1-5H3/t48-/m1/s1. The number of phosphoric acid groups is 1. The third-order valence-corrected chi connectivity index (χ3v) is 12.6. The fraction of sp³-hybridized carbons (Fsp3) is 0.960. The quantitative estimate of drug-likeness (QED) is 0.0257. The molecule has 2 atom stereocenters. The van der Waals surface area contributed by atoms with Crippen LogP contribution < -0.4 is 4.89 Å². The molecule has 0 bridgehead atoms. The van der Waals surface area contributed by atoms with Crippen LogP contribution in [-0.4, -0.2) is 70.0 Å². The van der Waals surface area contributed by atoms with Gasteiger partial charge in [0.2, 0.25) is 0 Å². The second-order valence-corrected chi connectivity index (χ2v) is 20.3.